The number of hydrogen-bond donors (Lipinski definition) is 1. The average Bonchev–Trinajstić information content (AvgIpc) is 2.85. The van der Waals surface area contributed by atoms with E-state index in [1.54, 1.807) is 6.26 Å². The zero-order chi connectivity index (χ0) is 13.0. The lowest BCUT2D eigenvalue weighted by atomic mass is 10.0. The Balaban J connectivity index is 2.26. The lowest BCUT2D eigenvalue weighted by Crippen LogP contribution is -2.23. The van der Waals surface area contributed by atoms with E-state index in [1.165, 1.54) is 9.13 Å². The van der Waals surface area contributed by atoms with Crippen LogP contribution in [0, 0.1) is 3.57 Å². The van der Waals surface area contributed by atoms with Crippen LogP contribution in [0.4, 0.5) is 0 Å². The van der Waals surface area contributed by atoms with E-state index in [4.69, 9.17) is 16.0 Å². The first-order chi connectivity index (χ1) is 8.70. The second-order valence-corrected chi connectivity index (χ2v) is 5.66. The van der Waals surface area contributed by atoms with Gasteiger partial charge in [-0.15, -0.1) is 0 Å². The summed E-state index contributed by atoms with van der Waals surface area (Å²) in [6.07, 6.45) is 2.54. The molecule has 0 bridgehead atoms. The molecule has 1 N–H and O–H groups in total. The fourth-order valence-electron chi connectivity index (χ4n) is 1.95. The maximum Gasteiger partial charge on any atom is 0.105 e. The zero-order valence-electron chi connectivity index (χ0n) is 10.1. The molecule has 1 aromatic carbocycles. The van der Waals surface area contributed by atoms with Gasteiger partial charge in [0.05, 0.1) is 6.26 Å². The first-order valence-corrected chi connectivity index (χ1v) is 7.37. The van der Waals surface area contributed by atoms with E-state index in [9.17, 15) is 0 Å². The maximum absolute atomic E-state index is 6.09. The Kier molecular flexibility index (Phi) is 5.09. The molecule has 0 radical (unpaired) electrons. The van der Waals surface area contributed by atoms with Gasteiger partial charge in [0.1, 0.15) is 5.76 Å². The number of likely N-dealkylation sites (N-methyl/N-ethyl adjacent to an activating group) is 1. The van der Waals surface area contributed by atoms with Gasteiger partial charge >= 0.3 is 0 Å². The minimum Gasteiger partial charge on any atom is -0.469 e. The van der Waals surface area contributed by atoms with E-state index in [0.29, 0.717) is 0 Å². The Hall–Kier alpha value is -0.520. The quantitative estimate of drug-likeness (QED) is 0.782. The average molecular weight is 376 g/mol. The van der Waals surface area contributed by atoms with Crippen molar-refractivity contribution in [2.75, 3.05) is 6.54 Å². The minimum absolute atomic E-state index is 0.228. The third kappa shape index (κ3) is 3.49. The Morgan fingerprint density at radius 1 is 1.39 bits per heavy atom. The molecule has 18 heavy (non-hydrogen) atoms. The van der Waals surface area contributed by atoms with E-state index in [1.807, 2.05) is 30.3 Å². The van der Waals surface area contributed by atoms with Gasteiger partial charge in [0.25, 0.3) is 0 Å². The summed E-state index contributed by atoms with van der Waals surface area (Å²) in [6.45, 7) is 3.01. The van der Waals surface area contributed by atoms with Crippen LogP contribution in [-0.4, -0.2) is 6.54 Å². The number of benzene rings is 1. The third-order valence-corrected chi connectivity index (χ3v) is 3.99. The molecule has 4 heteroatoms. The molecule has 0 saturated heterocycles. The van der Waals surface area contributed by atoms with Gasteiger partial charge in [0, 0.05) is 21.1 Å². The number of nitrogens with one attached hydrogen (secondary N) is 1. The zero-order valence-corrected chi connectivity index (χ0v) is 13.0. The van der Waals surface area contributed by atoms with Crippen LogP contribution in [0.2, 0.25) is 5.02 Å². The molecule has 0 aliphatic heterocycles. The van der Waals surface area contributed by atoms with E-state index in [2.05, 4.69) is 34.8 Å². The highest BCUT2D eigenvalue weighted by Gasteiger charge is 2.15. The summed E-state index contributed by atoms with van der Waals surface area (Å²) in [5, 5.41) is 4.25. The van der Waals surface area contributed by atoms with Gasteiger partial charge in [-0.25, -0.2) is 0 Å². The molecule has 96 valence electrons. The second-order valence-electron chi connectivity index (χ2n) is 4.06. The van der Waals surface area contributed by atoms with Crippen LogP contribution in [0.25, 0.3) is 0 Å². The minimum atomic E-state index is 0.228. The largest absolute Gasteiger partial charge is 0.469 e. The molecule has 0 saturated carbocycles. The fourth-order valence-corrected chi connectivity index (χ4v) is 2.84. The van der Waals surface area contributed by atoms with Gasteiger partial charge in [-0.05, 0) is 65.0 Å². The fraction of sp³-hybridized carbons (Fsp3) is 0.286. The van der Waals surface area contributed by atoms with Crippen molar-refractivity contribution >= 4 is 34.2 Å². The van der Waals surface area contributed by atoms with E-state index in [0.717, 1.165) is 23.7 Å². The monoisotopic (exact) mass is 375 g/mol. The molecule has 2 rings (SSSR count). The van der Waals surface area contributed by atoms with Crippen molar-refractivity contribution in [3.8, 4) is 0 Å². The molecular weight excluding hydrogens is 361 g/mol. The molecule has 2 aromatic rings. The summed E-state index contributed by atoms with van der Waals surface area (Å²) in [4.78, 5) is 0. The molecule has 1 atom stereocenters. The predicted octanol–water partition coefficient (Wildman–Crippen LogP) is 4.43. The third-order valence-electron chi connectivity index (χ3n) is 2.77. The summed E-state index contributed by atoms with van der Waals surface area (Å²) in [6, 6.07) is 10.1. The van der Waals surface area contributed by atoms with Crippen molar-refractivity contribution in [3.05, 3.63) is 56.5 Å². The number of hydrogen-bond acceptors (Lipinski definition) is 2. The second kappa shape index (κ2) is 6.59. The number of furan rings is 1. The van der Waals surface area contributed by atoms with Crippen LogP contribution in [0.1, 0.15) is 24.3 Å². The van der Waals surface area contributed by atoms with Crippen LogP contribution in [0.5, 0.6) is 0 Å². The molecule has 0 amide bonds. The summed E-state index contributed by atoms with van der Waals surface area (Å²) < 4.78 is 6.64. The van der Waals surface area contributed by atoms with Gasteiger partial charge < -0.3 is 9.73 Å². The van der Waals surface area contributed by atoms with Crippen LogP contribution in [-0.2, 0) is 6.42 Å². The summed E-state index contributed by atoms with van der Waals surface area (Å²) in [7, 11) is 0. The Labute approximate surface area is 126 Å². The number of rotatable bonds is 5. The molecule has 0 fully saturated rings. The molecule has 0 spiro atoms. The normalized spacial score (nSPS) is 12.6. The topological polar surface area (TPSA) is 25.2 Å². The molecule has 1 aromatic heterocycles. The van der Waals surface area contributed by atoms with E-state index < -0.39 is 0 Å². The van der Waals surface area contributed by atoms with Crippen LogP contribution >= 0.6 is 34.2 Å². The summed E-state index contributed by atoms with van der Waals surface area (Å²) in [5.41, 5.74) is 1.22. The predicted molar refractivity (Wildman–Crippen MR) is 83.0 cm³/mol. The van der Waals surface area contributed by atoms with Gasteiger partial charge in [-0.1, -0.05) is 18.5 Å². The van der Waals surface area contributed by atoms with Gasteiger partial charge in [0.2, 0.25) is 0 Å². The molecule has 1 heterocycles. The Morgan fingerprint density at radius 3 is 2.89 bits per heavy atom. The number of halogens is 2. The van der Waals surface area contributed by atoms with E-state index in [-0.39, 0.29) is 6.04 Å². The van der Waals surface area contributed by atoms with Crippen molar-refractivity contribution in [2.24, 2.45) is 0 Å². The first kappa shape index (κ1) is 13.9. The van der Waals surface area contributed by atoms with Crippen molar-refractivity contribution in [3.63, 3.8) is 0 Å². The highest BCUT2D eigenvalue weighted by Crippen LogP contribution is 2.26. The summed E-state index contributed by atoms with van der Waals surface area (Å²) in [5.74, 6) is 0.983. The van der Waals surface area contributed by atoms with Crippen LogP contribution in [0.15, 0.2) is 41.0 Å². The highest BCUT2D eigenvalue weighted by atomic mass is 127. The van der Waals surface area contributed by atoms with Gasteiger partial charge in [-0.3, -0.25) is 0 Å². The summed E-state index contributed by atoms with van der Waals surface area (Å²) >= 11 is 8.43. The van der Waals surface area contributed by atoms with Gasteiger partial charge in [0.15, 0.2) is 0 Å². The van der Waals surface area contributed by atoms with Crippen LogP contribution in [0.3, 0.4) is 0 Å². The van der Waals surface area contributed by atoms with Crippen molar-refractivity contribution in [1.82, 2.24) is 5.32 Å². The first-order valence-electron chi connectivity index (χ1n) is 5.91. The lowest BCUT2D eigenvalue weighted by Gasteiger charge is -2.19. The van der Waals surface area contributed by atoms with Crippen molar-refractivity contribution < 1.29 is 4.42 Å². The van der Waals surface area contributed by atoms with Crippen LogP contribution < -0.4 is 5.32 Å². The maximum atomic E-state index is 6.09. The van der Waals surface area contributed by atoms with Crippen molar-refractivity contribution in [1.29, 1.82) is 0 Å². The molecule has 2 nitrogen and oxygen atoms in total. The highest BCUT2D eigenvalue weighted by molar-refractivity contribution is 14.1. The molecule has 1 unspecified atom stereocenters. The SMILES string of the molecule is CCNC(Cc1ccco1)c1cc(Cl)ccc1I. The van der Waals surface area contributed by atoms with Gasteiger partial charge in [-0.2, -0.15) is 0 Å². The lowest BCUT2D eigenvalue weighted by molar-refractivity contribution is 0.454. The van der Waals surface area contributed by atoms with E-state index >= 15 is 0 Å². The van der Waals surface area contributed by atoms with Crippen molar-refractivity contribution in [2.45, 2.75) is 19.4 Å². The Bertz CT molecular complexity index is 499. The standard InChI is InChI=1S/C14H15ClINO/c1-2-17-14(9-11-4-3-7-18-11)12-8-10(15)5-6-13(12)16/h3-8,14,17H,2,9H2,1H3. The molecular formula is C14H15ClINO. The smallest absolute Gasteiger partial charge is 0.105 e. The molecule has 0 aliphatic rings. The molecule has 0 aliphatic carbocycles. The Morgan fingerprint density at radius 2 is 2.22 bits per heavy atom.